The second-order valence-electron chi connectivity index (χ2n) is 6.63. The van der Waals surface area contributed by atoms with Gasteiger partial charge in [0.2, 0.25) is 17.7 Å². The lowest BCUT2D eigenvalue weighted by Crippen LogP contribution is -2.42. The van der Waals surface area contributed by atoms with E-state index >= 15 is 0 Å². The van der Waals surface area contributed by atoms with Crippen molar-refractivity contribution in [2.45, 2.75) is 32.0 Å². The minimum atomic E-state index is -0.312. The Labute approximate surface area is 157 Å². The topological polar surface area (TPSA) is 92.1 Å². The molecule has 138 valence electrons. The molecule has 2 heterocycles. The maximum atomic E-state index is 12.4. The van der Waals surface area contributed by atoms with Crippen LogP contribution < -0.4 is 16.2 Å². The van der Waals surface area contributed by atoms with Gasteiger partial charge in [0.15, 0.2) is 0 Å². The van der Waals surface area contributed by atoms with Crippen LogP contribution in [0.3, 0.4) is 0 Å². The molecule has 3 N–H and O–H groups in total. The van der Waals surface area contributed by atoms with E-state index in [0.29, 0.717) is 18.2 Å². The van der Waals surface area contributed by atoms with Crippen molar-refractivity contribution < 1.29 is 9.21 Å². The standard InChI is InChI=1S/C20H21N5O2/c1-13-7-9-14(10-8-13)16-11-17(23-22-16)19(26)21-12-18-24-25-20(27-18)15-5-3-2-4-6-15/h2-10,16-17,22-23H,11-12H2,1H3,(H,21,26). The first-order chi connectivity index (χ1) is 13.2. The van der Waals surface area contributed by atoms with Crippen molar-refractivity contribution in [3.8, 4) is 11.5 Å². The number of aryl methyl sites for hydroxylation is 1. The largest absolute Gasteiger partial charge is 0.419 e. The predicted molar refractivity (Wildman–Crippen MR) is 100 cm³/mol. The van der Waals surface area contributed by atoms with E-state index in [1.165, 1.54) is 5.56 Å². The number of hydrogen-bond acceptors (Lipinski definition) is 6. The fraction of sp³-hybridized carbons (Fsp3) is 0.250. The number of benzene rings is 2. The third-order valence-electron chi connectivity index (χ3n) is 4.60. The van der Waals surface area contributed by atoms with Gasteiger partial charge in [0.1, 0.15) is 6.04 Å². The zero-order valence-corrected chi connectivity index (χ0v) is 15.0. The first-order valence-corrected chi connectivity index (χ1v) is 8.92. The van der Waals surface area contributed by atoms with Crippen LogP contribution >= 0.6 is 0 Å². The molecule has 2 atom stereocenters. The highest BCUT2D eigenvalue weighted by Crippen LogP contribution is 2.22. The highest BCUT2D eigenvalue weighted by Gasteiger charge is 2.30. The average Bonchev–Trinajstić information content (AvgIpc) is 3.37. The van der Waals surface area contributed by atoms with E-state index < -0.39 is 0 Å². The average molecular weight is 363 g/mol. The number of hydrogen-bond donors (Lipinski definition) is 3. The summed E-state index contributed by atoms with van der Waals surface area (Å²) in [6.07, 6.45) is 0.675. The van der Waals surface area contributed by atoms with Crippen LogP contribution in [-0.2, 0) is 11.3 Å². The van der Waals surface area contributed by atoms with E-state index in [2.05, 4.69) is 57.6 Å². The minimum absolute atomic E-state index is 0.100. The van der Waals surface area contributed by atoms with Crippen molar-refractivity contribution in [1.82, 2.24) is 26.4 Å². The zero-order valence-electron chi connectivity index (χ0n) is 15.0. The summed E-state index contributed by atoms with van der Waals surface area (Å²) in [5.41, 5.74) is 9.47. The van der Waals surface area contributed by atoms with Crippen LogP contribution in [0.25, 0.3) is 11.5 Å². The Morgan fingerprint density at radius 2 is 1.89 bits per heavy atom. The highest BCUT2D eigenvalue weighted by molar-refractivity contribution is 5.82. The number of carbonyl (C=O) groups excluding carboxylic acids is 1. The summed E-state index contributed by atoms with van der Waals surface area (Å²) < 4.78 is 5.61. The molecular weight excluding hydrogens is 342 g/mol. The number of carbonyl (C=O) groups is 1. The quantitative estimate of drug-likeness (QED) is 0.644. The van der Waals surface area contributed by atoms with E-state index in [4.69, 9.17) is 4.42 Å². The number of nitrogens with zero attached hydrogens (tertiary/aromatic N) is 2. The number of amides is 1. The van der Waals surface area contributed by atoms with Gasteiger partial charge in [-0.05, 0) is 31.0 Å². The summed E-state index contributed by atoms with van der Waals surface area (Å²) in [6, 6.07) is 17.6. The van der Waals surface area contributed by atoms with Crippen molar-refractivity contribution in [2.24, 2.45) is 0 Å². The van der Waals surface area contributed by atoms with E-state index in [-0.39, 0.29) is 24.5 Å². The van der Waals surface area contributed by atoms with Gasteiger partial charge in [-0.3, -0.25) is 4.79 Å². The van der Waals surface area contributed by atoms with Crippen molar-refractivity contribution in [3.63, 3.8) is 0 Å². The maximum Gasteiger partial charge on any atom is 0.247 e. The number of rotatable bonds is 5. The lowest BCUT2D eigenvalue weighted by molar-refractivity contribution is -0.123. The lowest BCUT2D eigenvalue weighted by Gasteiger charge is -2.10. The van der Waals surface area contributed by atoms with Gasteiger partial charge in [-0.2, -0.15) is 0 Å². The second kappa shape index (κ2) is 7.69. The van der Waals surface area contributed by atoms with Crippen LogP contribution in [0.5, 0.6) is 0 Å². The monoisotopic (exact) mass is 363 g/mol. The van der Waals surface area contributed by atoms with Gasteiger partial charge in [0.25, 0.3) is 0 Å². The van der Waals surface area contributed by atoms with Gasteiger partial charge in [-0.25, -0.2) is 10.9 Å². The van der Waals surface area contributed by atoms with Crippen molar-refractivity contribution in [1.29, 1.82) is 0 Å². The van der Waals surface area contributed by atoms with Gasteiger partial charge >= 0.3 is 0 Å². The normalized spacial score (nSPS) is 19.1. The summed E-state index contributed by atoms with van der Waals surface area (Å²) >= 11 is 0. The third-order valence-corrected chi connectivity index (χ3v) is 4.60. The number of hydrazine groups is 1. The van der Waals surface area contributed by atoms with E-state index in [9.17, 15) is 4.79 Å². The minimum Gasteiger partial charge on any atom is -0.419 e. The zero-order chi connectivity index (χ0) is 18.6. The van der Waals surface area contributed by atoms with Crippen LogP contribution in [0.15, 0.2) is 59.0 Å². The molecule has 1 aliphatic heterocycles. The molecule has 27 heavy (non-hydrogen) atoms. The Morgan fingerprint density at radius 3 is 2.67 bits per heavy atom. The Balaban J connectivity index is 1.31. The maximum absolute atomic E-state index is 12.4. The number of nitrogens with one attached hydrogen (secondary N) is 3. The van der Waals surface area contributed by atoms with Crippen molar-refractivity contribution in [3.05, 3.63) is 71.6 Å². The summed E-state index contributed by atoms with van der Waals surface area (Å²) in [5.74, 6) is 0.722. The molecule has 7 nitrogen and oxygen atoms in total. The predicted octanol–water partition coefficient (Wildman–Crippen LogP) is 2.27. The highest BCUT2D eigenvalue weighted by atomic mass is 16.4. The Hall–Kier alpha value is -3.03. The van der Waals surface area contributed by atoms with E-state index in [0.717, 1.165) is 11.1 Å². The summed E-state index contributed by atoms with van der Waals surface area (Å²) in [6.45, 7) is 2.26. The molecule has 1 aliphatic rings. The molecule has 1 saturated heterocycles. The molecule has 1 fully saturated rings. The molecule has 0 saturated carbocycles. The smallest absolute Gasteiger partial charge is 0.247 e. The van der Waals surface area contributed by atoms with Crippen LogP contribution in [0.4, 0.5) is 0 Å². The van der Waals surface area contributed by atoms with Crippen LogP contribution in [-0.4, -0.2) is 22.1 Å². The van der Waals surface area contributed by atoms with E-state index in [1.807, 2.05) is 30.3 Å². The second-order valence-corrected chi connectivity index (χ2v) is 6.63. The molecule has 7 heteroatoms. The molecule has 0 bridgehead atoms. The molecule has 1 amide bonds. The molecule has 3 aromatic rings. The fourth-order valence-electron chi connectivity index (χ4n) is 3.05. The Bertz CT molecular complexity index is 908. The van der Waals surface area contributed by atoms with Gasteiger partial charge in [-0.15, -0.1) is 10.2 Å². The molecular formula is C20H21N5O2. The van der Waals surface area contributed by atoms with Gasteiger partial charge in [-0.1, -0.05) is 48.0 Å². The molecule has 2 aromatic carbocycles. The van der Waals surface area contributed by atoms with Gasteiger partial charge < -0.3 is 9.73 Å². The summed E-state index contributed by atoms with van der Waals surface area (Å²) in [4.78, 5) is 12.4. The Morgan fingerprint density at radius 1 is 1.11 bits per heavy atom. The first-order valence-electron chi connectivity index (χ1n) is 8.92. The van der Waals surface area contributed by atoms with Crippen LogP contribution in [0.1, 0.15) is 29.5 Å². The third kappa shape index (κ3) is 4.05. The van der Waals surface area contributed by atoms with Crippen LogP contribution in [0, 0.1) is 6.92 Å². The van der Waals surface area contributed by atoms with Gasteiger partial charge in [0, 0.05) is 11.6 Å². The SMILES string of the molecule is Cc1ccc(C2CC(C(=O)NCc3nnc(-c4ccccc4)o3)NN2)cc1. The number of aromatic nitrogens is 2. The first kappa shape index (κ1) is 17.4. The summed E-state index contributed by atoms with van der Waals surface area (Å²) in [5, 5.41) is 10.9. The fourth-order valence-corrected chi connectivity index (χ4v) is 3.05. The molecule has 1 aromatic heterocycles. The molecule has 4 rings (SSSR count). The molecule has 0 aliphatic carbocycles. The molecule has 0 radical (unpaired) electrons. The van der Waals surface area contributed by atoms with Gasteiger partial charge in [0.05, 0.1) is 6.54 Å². The van der Waals surface area contributed by atoms with Crippen molar-refractivity contribution >= 4 is 5.91 Å². The Kier molecular flexibility index (Phi) is 4.95. The molecule has 0 spiro atoms. The van der Waals surface area contributed by atoms with Crippen LogP contribution in [0.2, 0.25) is 0 Å². The summed E-state index contributed by atoms with van der Waals surface area (Å²) in [7, 11) is 0. The lowest BCUT2D eigenvalue weighted by atomic mass is 10.0. The van der Waals surface area contributed by atoms with E-state index in [1.54, 1.807) is 0 Å². The molecule has 2 unspecified atom stereocenters. The van der Waals surface area contributed by atoms with Crippen molar-refractivity contribution in [2.75, 3.05) is 0 Å².